The summed E-state index contributed by atoms with van der Waals surface area (Å²) in [4.78, 5) is 0. The first-order valence-corrected chi connectivity index (χ1v) is 34.7. The van der Waals surface area contributed by atoms with Crippen LogP contribution in [0.2, 0.25) is 0 Å². The molecule has 8 saturated carbocycles. The minimum atomic E-state index is -0.0835. The van der Waals surface area contributed by atoms with Gasteiger partial charge in [-0.25, -0.2) is 0 Å². The molecule has 0 saturated heterocycles. The van der Waals surface area contributed by atoms with Crippen molar-refractivity contribution in [1.82, 2.24) is 0 Å². The fourth-order valence-corrected chi connectivity index (χ4v) is 18.6. The predicted molar refractivity (Wildman–Crippen MR) is 330 cm³/mol. The van der Waals surface area contributed by atoms with Gasteiger partial charge in [0.15, 0.2) is 0 Å². The topological polar surface area (TPSA) is 0 Å². The van der Waals surface area contributed by atoms with Crippen LogP contribution in [0.4, 0.5) is 0 Å². The largest absolute Gasteiger partial charge is 0.0555 e. The highest BCUT2D eigenvalue weighted by Crippen LogP contribution is 2.50. The maximum atomic E-state index is 2.94. The molecule has 0 bridgehead atoms. The van der Waals surface area contributed by atoms with E-state index in [2.05, 4.69) is 72.8 Å². The maximum absolute atomic E-state index is 2.94. The third-order valence-corrected chi connectivity index (χ3v) is 23.4. The zero-order valence-corrected chi connectivity index (χ0v) is 49.2. The van der Waals surface area contributed by atoms with Crippen LogP contribution in [-0.4, -0.2) is 0 Å². The van der Waals surface area contributed by atoms with E-state index in [1.807, 2.05) is 0 Å². The smallest absolute Gasteiger partial charge is 0.0209 e. The summed E-state index contributed by atoms with van der Waals surface area (Å²) in [5, 5.41) is 0. The fourth-order valence-electron chi connectivity index (χ4n) is 18.6. The molecule has 0 N–H and O–H groups in total. The van der Waals surface area contributed by atoms with Crippen LogP contribution >= 0.6 is 0 Å². The molecule has 0 radical (unpaired) electrons. The highest BCUT2D eigenvalue weighted by atomic mass is 14.4. The van der Waals surface area contributed by atoms with Gasteiger partial charge in [-0.05, 0) is 243 Å². The van der Waals surface area contributed by atoms with E-state index in [1.54, 1.807) is 66.8 Å². The SMILES string of the molecule is c1c(CCC(CCc2cc(C3CCCCC3)cc(C3CCCCC3)c2)(c2cc(C3CCCCC3)cc(C3CCCCC3)c2)c2cc(C3CCCCC3)cc(C3CCCCC3)c2)cc(C2CCCCC2)cc1C1CCCCC1. The Balaban J connectivity index is 1.05. The highest BCUT2D eigenvalue weighted by molar-refractivity contribution is 5.50. The van der Waals surface area contributed by atoms with Crippen molar-refractivity contribution in [3.8, 4) is 0 Å². The third-order valence-electron chi connectivity index (χ3n) is 23.4. The zero-order valence-electron chi connectivity index (χ0n) is 49.2. The van der Waals surface area contributed by atoms with E-state index in [1.165, 1.54) is 283 Å². The lowest BCUT2D eigenvalue weighted by molar-refractivity contribution is 0.413. The molecule has 8 fully saturated rings. The van der Waals surface area contributed by atoms with Crippen LogP contribution in [0.25, 0.3) is 0 Å². The average molecular weight is 1030 g/mol. The summed E-state index contributed by atoms with van der Waals surface area (Å²) in [6.45, 7) is 0. The Morgan fingerprint density at radius 2 is 0.377 bits per heavy atom. The lowest BCUT2D eigenvalue weighted by Crippen LogP contribution is -2.31. The Morgan fingerprint density at radius 3 is 0.558 bits per heavy atom. The number of aryl methyl sites for hydroxylation is 2. The van der Waals surface area contributed by atoms with Gasteiger partial charge in [-0.3, -0.25) is 0 Å². The van der Waals surface area contributed by atoms with Crippen LogP contribution in [0.3, 0.4) is 0 Å². The van der Waals surface area contributed by atoms with Crippen molar-refractivity contribution in [3.05, 3.63) is 140 Å². The highest BCUT2D eigenvalue weighted by Gasteiger charge is 2.38. The molecule has 416 valence electrons. The summed E-state index contributed by atoms with van der Waals surface area (Å²) in [6, 6.07) is 34.2. The lowest BCUT2D eigenvalue weighted by Gasteiger charge is -2.40. The normalized spacial score (nSPS) is 23.4. The molecule has 12 rings (SSSR count). The summed E-state index contributed by atoms with van der Waals surface area (Å²) in [6.07, 6.45) is 61.2. The molecule has 77 heavy (non-hydrogen) atoms. The second kappa shape index (κ2) is 26.6. The summed E-state index contributed by atoms with van der Waals surface area (Å²) in [5.41, 5.74) is 20.6. The molecule has 8 aliphatic rings. The van der Waals surface area contributed by atoms with Crippen LogP contribution in [0.15, 0.2) is 72.8 Å². The number of benzene rings is 4. The molecule has 0 spiro atoms. The second-order valence-electron chi connectivity index (χ2n) is 28.6. The van der Waals surface area contributed by atoms with Gasteiger partial charge in [0, 0.05) is 5.41 Å². The van der Waals surface area contributed by atoms with E-state index in [9.17, 15) is 0 Å². The Hall–Kier alpha value is -3.12. The summed E-state index contributed by atoms with van der Waals surface area (Å²) in [7, 11) is 0. The first kappa shape index (κ1) is 54.5. The molecule has 4 aromatic rings. The quantitative estimate of drug-likeness (QED) is 0.105. The van der Waals surface area contributed by atoms with Gasteiger partial charge < -0.3 is 0 Å². The summed E-state index contributed by atoms with van der Waals surface area (Å²) >= 11 is 0. The van der Waals surface area contributed by atoms with Crippen LogP contribution < -0.4 is 0 Å². The van der Waals surface area contributed by atoms with Crippen molar-refractivity contribution in [2.45, 2.75) is 335 Å². The van der Waals surface area contributed by atoms with Crippen molar-refractivity contribution in [1.29, 1.82) is 0 Å². The van der Waals surface area contributed by atoms with Gasteiger partial charge >= 0.3 is 0 Å². The molecule has 0 aromatic heterocycles. The van der Waals surface area contributed by atoms with Gasteiger partial charge in [-0.2, -0.15) is 0 Å². The second-order valence-corrected chi connectivity index (χ2v) is 28.6. The van der Waals surface area contributed by atoms with E-state index in [4.69, 9.17) is 0 Å². The van der Waals surface area contributed by atoms with Crippen LogP contribution in [0.5, 0.6) is 0 Å². The van der Waals surface area contributed by atoms with E-state index < -0.39 is 0 Å². The van der Waals surface area contributed by atoms with E-state index in [0.717, 1.165) is 23.7 Å². The van der Waals surface area contributed by atoms with Gasteiger partial charge in [0.2, 0.25) is 0 Å². The standard InChI is InChI=1S/C77H108/c1-9-25-59(26-10-1)67-45-57(46-68(49-67)60-27-11-2-12-28-60)41-43-77(75-53-71(63-33-17-5-18-34-63)51-72(54-75)64-35-19-6-20-36-64,76-55-73(65-37-21-7-22-38-65)52-74(56-76)66-39-23-8-24-40-66)44-42-58-47-69(61-29-13-3-14-30-61)50-70(48-58)62-31-15-4-16-32-62/h45-56,59-66H,1-44H2. The molecule has 4 aromatic carbocycles. The summed E-state index contributed by atoms with van der Waals surface area (Å²) < 4.78 is 0. The maximum Gasteiger partial charge on any atom is 0.0209 e. The van der Waals surface area contributed by atoms with Gasteiger partial charge in [-0.1, -0.05) is 227 Å². The Kier molecular flexibility index (Phi) is 18.8. The van der Waals surface area contributed by atoms with Gasteiger partial charge in [-0.15, -0.1) is 0 Å². The molecule has 0 heterocycles. The van der Waals surface area contributed by atoms with Crippen molar-refractivity contribution < 1.29 is 0 Å². The van der Waals surface area contributed by atoms with Gasteiger partial charge in [0.25, 0.3) is 0 Å². The van der Waals surface area contributed by atoms with Crippen molar-refractivity contribution >= 4 is 0 Å². The van der Waals surface area contributed by atoms with Gasteiger partial charge in [0.1, 0.15) is 0 Å². The Morgan fingerprint density at radius 1 is 0.208 bits per heavy atom. The average Bonchev–Trinajstić information content (AvgIpc) is 3.53. The zero-order chi connectivity index (χ0) is 51.6. The molecular formula is C77H108. The third kappa shape index (κ3) is 13.5. The minimum absolute atomic E-state index is 0.0835. The number of rotatable bonds is 16. The van der Waals surface area contributed by atoms with E-state index in [-0.39, 0.29) is 5.41 Å². The summed E-state index contributed by atoms with van der Waals surface area (Å²) in [5.74, 6) is 5.86. The molecule has 0 unspecified atom stereocenters. The first-order valence-electron chi connectivity index (χ1n) is 34.7. The predicted octanol–water partition coefficient (Wildman–Crippen LogP) is 23.6. The minimum Gasteiger partial charge on any atom is -0.0555 e. The Bertz CT molecular complexity index is 2130. The van der Waals surface area contributed by atoms with Crippen molar-refractivity contribution in [2.75, 3.05) is 0 Å². The van der Waals surface area contributed by atoms with Gasteiger partial charge in [0.05, 0.1) is 0 Å². The number of hydrogen-bond donors (Lipinski definition) is 0. The molecule has 0 aliphatic heterocycles. The monoisotopic (exact) mass is 1030 g/mol. The van der Waals surface area contributed by atoms with Crippen LogP contribution in [-0.2, 0) is 18.3 Å². The molecular weight excluding hydrogens is 925 g/mol. The first-order chi connectivity index (χ1) is 38.1. The van der Waals surface area contributed by atoms with Crippen molar-refractivity contribution in [3.63, 3.8) is 0 Å². The van der Waals surface area contributed by atoms with Crippen LogP contribution in [0, 0.1) is 0 Å². The van der Waals surface area contributed by atoms with E-state index in [0.29, 0.717) is 23.7 Å². The molecule has 8 aliphatic carbocycles. The lowest BCUT2D eigenvalue weighted by atomic mass is 9.64. The molecule has 0 nitrogen and oxygen atoms in total. The fraction of sp³-hybridized carbons (Fsp3) is 0.688. The van der Waals surface area contributed by atoms with Crippen LogP contribution in [0.1, 0.15) is 384 Å². The van der Waals surface area contributed by atoms with E-state index >= 15 is 0 Å². The molecule has 0 heteroatoms. The molecule has 0 atom stereocenters. The number of hydrogen-bond acceptors (Lipinski definition) is 0. The van der Waals surface area contributed by atoms with Crippen molar-refractivity contribution in [2.24, 2.45) is 0 Å². The Labute approximate surface area is 472 Å². The molecule has 0 amide bonds.